The number of hydrogen-bond donors (Lipinski definition) is 1. The first-order valence-electron chi connectivity index (χ1n) is 7.04. The molecule has 0 amide bonds. The summed E-state index contributed by atoms with van der Waals surface area (Å²) in [5, 5.41) is 18.8. The molecule has 1 aliphatic carbocycles. The molecule has 4 nitrogen and oxygen atoms in total. The van der Waals surface area contributed by atoms with E-state index in [0.29, 0.717) is 12.1 Å². The Kier molecular flexibility index (Phi) is 4.72. The van der Waals surface area contributed by atoms with Crippen molar-refractivity contribution >= 4 is 16.7 Å². The molecule has 0 bridgehead atoms. The molecule has 1 heterocycles. The van der Waals surface area contributed by atoms with E-state index in [-0.39, 0.29) is 5.76 Å². The molecule has 0 fully saturated rings. The van der Waals surface area contributed by atoms with E-state index >= 15 is 0 Å². The van der Waals surface area contributed by atoms with Crippen LogP contribution in [-0.4, -0.2) is 20.1 Å². The maximum Gasteiger partial charge on any atom is 0.139 e. The maximum atomic E-state index is 10.1. The summed E-state index contributed by atoms with van der Waals surface area (Å²) in [6, 6.07) is 7.60. The number of aromatic nitrogens is 3. The number of benzene rings is 1. The van der Waals surface area contributed by atoms with Crippen LogP contribution in [0.2, 0.25) is 0 Å². The van der Waals surface area contributed by atoms with Crippen molar-refractivity contribution in [3.05, 3.63) is 66.5 Å². The summed E-state index contributed by atoms with van der Waals surface area (Å²) in [6.07, 6.45) is 7.95. The molecule has 1 aromatic heterocycles. The lowest BCUT2D eigenvalue weighted by molar-refractivity contribution is 0.426. The number of allylic oxidation sites excluding steroid dienone is 6. The molecule has 0 radical (unpaired) electrons. The summed E-state index contributed by atoms with van der Waals surface area (Å²) in [4.78, 5) is 1.46. The molecule has 2 aromatic rings. The van der Waals surface area contributed by atoms with Gasteiger partial charge in [-0.3, -0.25) is 0 Å². The SMILES string of the molecule is C=CC1=CCC=C(O)C(n2nc3ccccc3n2)=C1.CC. The van der Waals surface area contributed by atoms with Crippen molar-refractivity contribution in [1.82, 2.24) is 15.0 Å². The van der Waals surface area contributed by atoms with Crippen molar-refractivity contribution in [3.8, 4) is 0 Å². The summed E-state index contributed by atoms with van der Waals surface area (Å²) in [6.45, 7) is 7.75. The van der Waals surface area contributed by atoms with Crippen LogP contribution >= 0.6 is 0 Å². The normalized spacial score (nSPS) is 14.3. The molecule has 3 rings (SSSR count). The number of nitrogens with zero attached hydrogens (tertiary/aromatic N) is 3. The molecular formula is C17H19N3O. The highest BCUT2D eigenvalue weighted by molar-refractivity contribution is 5.75. The molecule has 0 aliphatic heterocycles. The van der Waals surface area contributed by atoms with Gasteiger partial charge >= 0.3 is 0 Å². The minimum atomic E-state index is 0.174. The van der Waals surface area contributed by atoms with Gasteiger partial charge < -0.3 is 5.11 Å². The van der Waals surface area contributed by atoms with E-state index in [1.54, 1.807) is 12.2 Å². The van der Waals surface area contributed by atoms with Crippen molar-refractivity contribution < 1.29 is 5.11 Å². The van der Waals surface area contributed by atoms with Gasteiger partial charge in [-0.25, -0.2) is 0 Å². The van der Waals surface area contributed by atoms with Gasteiger partial charge in [0.2, 0.25) is 0 Å². The predicted octanol–water partition coefficient (Wildman–Crippen LogP) is 4.26. The van der Waals surface area contributed by atoms with Crippen LogP contribution in [0.5, 0.6) is 0 Å². The first-order valence-corrected chi connectivity index (χ1v) is 7.04. The maximum absolute atomic E-state index is 10.1. The topological polar surface area (TPSA) is 50.9 Å². The van der Waals surface area contributed by atoms with Crippen LogP contribution in [0.1, 0.15) is 20.3 Å². The summed E-state index contributed by atoms with van der Waals surface area (Å²) >= 11 is 0. The van der Waals surface area contributed by atoms with Gasteiger partial charge in [0.25, 0.3) is 0 Å². The second kappa shape index (κ2) is 6.70. The van der Waals surface area contributed by atoms with Crippen molar-refractivity contribution in [3.63, 3.8) is 0 Å². The molecule has 0 atom stereocenters. The zero-order valence-electron chi connectivity index (χ0n) is 12.3. The molecule has 0 spiro atoms. The van der Waals surface area contributed by atoms with E-state index in [1.807, 2.05) is 50.3 Å². The highest BCUT2D eigenvalue weighted by atomic mass is 16.3. The van der Waals surface area contributed by atoms with Crippen LogP contribution in [0.3, 0.4) is 0 Å². The first-order chi connectivity index (χ1) is 10.3. The van der Waals surface area contributed by atoms with Crippen LogP contribution < -0.4 is 0 Å². The molecule has 0 unspecified atom stereocenters. The summed E-state index contributed by atoms with van der Waals surface area (Å²) < 4.78 is 0. The number of aliphatic hydroxyl groups is 1. The van der Waals surface area contributed by atoms with Gasteiger partial charge in [0.15, 0.2) is 0 Å². The van der Waals surface area contributed by atoms with Crippen molar-refractivity contribution in [2.75, 3.05) is 0 Å². The molecular weight excluding hydrogens is 262 g/mol. The lowest BCUT2D eigenvalue weighted by Crippen LogP contribution is -2.04. The Morgan fingerprint density at radius 3 is 2.33 bits per heavy atom. The Hall–Kier alpha value is -2.62. The minimum Gasteiger partial charge on any atom is -0.506 e. The third kappa shape index (κ3) is 3.11. The van der Waals surface area contributed by atoms with Crippen LogP contribution in [-0.2, 0) is 0 Å². The van der Waals surface area contributed by atoms with Crippen LogP contribution in [0.25, 0.3) is 16.7 Å². The fraction of sp³-hybridized carbons (Fsp3) is 0.176. The lowest BCUT2D eigenvalue weighted by atomic mass is 10.2. The third-order valence-electron chi connectivity index (χ3n) is 2.97. The Balaban J connectivity index is 0.000000774. The molecule has 1 N–H and O–H groups in total. The van der Waals surface area contributed by atoms with E-state index in [0.717, 1.165) is 16.6 Å². The monoisotopic (exact) mass is 281 g/mol. The molecule has 21 heavy (non-hydrogen) atoms. The van der Waals surface area contributed by atoms with Gasteiger partial charge in [0, 0.05) is 0 Å². The standard InChI is InChI=1S/C15H13N3O.C2H6/c1-2-11-6-5-9-15(19)14(10-11)18-16-12-7-3-4-8-13(12)17-18;1-2/h2-4,6-10,19H,1,5H2;1-2H3. The van der Waals surface area contributed by atoms with Crippen molar-refractivity contribution in [2.24, 2.45) is 0 Å². The Bertz CT molecular complexity index is 702. The molecule has 4 heteroatoms. The van der Waals surface area contributed by atoms with Gasteiger partial charge in [-0.2, -0.15) is 0 Å². The first kappa shape index (κ1) is 14.8. The van der Waals surface area contributed by atoms with Gasteiger partial charge in [-0.15, -0.1) is 15.0 Å². The third-order valence-corrected chi connectivity index (χ3v) is 2.97. The molecule has 1 aromatic carbocycles. The minimum absolute atomic E-state index is 0.174. The average Bonchev–Trinajstić information content (AvgIpc) is 2.86. The number of aliphatic hydroxyl groups excluding tert-OH is 1. The zero-order chi connectivity index (χ0) is 15.2. The quantitative estimate of drug-likeness (QED) is 0.895. The van der Waals surface area contributed by atoms with Crippen molar-refractivity contribution in [1.29, 1.82) is 0 Å². The van der Waals surface area contributed by atoms with Crippen LogP contribution in [0.15, 0.2) is 66.5 Å². The second-order valence-corrected chi connectivity index (χ2v) is 4.24. The molecule has 1 aliphatic rings. The van der Waals surface area contributed by atoms with E-state index in [9.17, 15) is 5.11 Å². The molecule has 0 saturated carbocycles. The van der Waals surface area contributed by atoms with E-state index in [2.05, 4.69) is 16.8 Å². The van der Waals surface area contributed by atoms with Crippen LogP contribution in [0, 0.1) is 0 Å². The summed E-state index contributed by atoms with van der Waals surface area (Å²) in [5.41, 5.74) is 3.09. The Morgan fingerprint density at radius 1 is 1.14 bits per heavy atom. The van der Waals surface area contributed by atoms with E-state index in [4.69, 9.17) is 0 Å². The summed E-state index contributed by atoms with van der Waals surface area (Å²) in [7, 11) is 0. The predicted molar refractivity (Wildman–Crippen MR) is 86.8 cm³/mol. The smallest absolute Gasteiger partial charge is 0.139 e. The average molecular weight is 281 g/mol. The zero-order valence-corrected chi connectivity index (χ0v) is 12.3. The van der Waals surface area contributed by atoms with E-state index < -0.39 is 0 Å². The van der Waals surface area contributed by atoms with Gasteiger partial charge in [0.1, 0.15) is 22.5 Å². The lowest BCUT2D eigenvalue weighted by Gasteiger charge is -2.03. The largest absolute Gasteiger partial charge is 0.506 e. The highest BCUT2D eigenvalue weighted by Gasteiger charge is 2.12. The number of rotatable bonds is 2. The second-order valence-electron chi connectivity index (χ2n) is 4.24. The van der Waals surface area contributed by atoms with Crippen molar-refractivity contribution in [2.45, 2.75) is 20.3 Å². The Morgan fingerprint density at radius 2 is 1.76 bits per heavy atom. The van der Waals surface area contributed by atoms with E-state index in [1.165, 1.54) is 4.80 Å². The molecule has 108 valence electrons. The van der Waals surface area contributed by atoms with Gasteiger partial charge in [-0.05, 0) is 36.3 Å². The van der Waals surface area contributed by atoms with Gasteiger partial charge in [-0.1, -0.05) is 44.7 Å². The number of hydrogen-bond acceptors (Lipinski definition) is 3. The highest BCUT2D eigenvalue weighted by Crippen LogP contribution is 2.21. The van der Waals surface area contributed by atoms with Gasteiger partial charge in [0.05, 0.1) is 0 Å². The fourth-order valence-electron chi connectivity index (χ4n) is 1.97. The number of fused-ring (bicyclic) bond motifs is 1. The fourth-order valence-corrected chi connectivity index (χ4v) is 1.97. The van der Waals surface area contributed by atoms with Crippen LogP contribution in [0.4, 0.5) is 0 Å². The summed E-state index contributed by atoms with van der Waals surface area (Å²) in [5.74, 6) is 0.174. The Labute approximate surface area is 124 Å². The molecule has 0 saturated heterocycles.